The molecule has 1 saturated carbocycles. The molecule has 1 aliphatic carbocycles. The molecule has 3 aromatic carbocycles. The summed E-state index contributed by atoms with van der Waals surface area (Å²) < 4.78 is 83.6. The van der Waals surface area contributed by atoms with Crippen LogP contribution in [0.2, 0.25) is 0 Å². The molecule has 4 fully saturated rings. The lowest BCUT2D eigenvalue weighted by atomic mass is 9.80. The molecule has 15 atom stereocenters. The fourth-order valence-corrected chi connectivity index (χ4v) is 8.50. The maximum atomic E-state index is 12.5. The predicted molar refractivity (Wildman–Crippen MR) is 220 cm³/mol. The second-order valence-electron chi connectivity index (χ2n) is 16.3. The minimum Gasteiger partial charge on any atom is -0.387 e. The summed E-state index contributed by atoms with van der Waals surface area (Å²) in [4.78, 5) is 3.24. The monoisotopic (exact) mass is 865 g/mol. The molecule has 7 rings (SSSR count). The van der Waals surface area contributed by atoms with E-state index < -0.39 is 90.4 Å². The van der Waals surface area contributed by atoms with Crippen LogP contribution in [0.15, 0.2) is 96.1 Å². The van der Waals surface area contributed by atoms with Gasteiger partial charge in [0.1, 0.15) is 61.0 Å². The van der Waals surface area contributed by atoms with Gasteiger partial charge in [-0.05, 0) is 49.9 Å². The van der Waals surface area contributed by atoms with Crippen molar-refractivity contribution < 1.29 is 66.7 Å². The molecule has 17 heteroatoms. The topological polar surface area (TPSA) is 189 Å². The van der Waals surface area contributed by atoms with E-state index in [1.165, 1.54) is 28.4 Å². The Morgan fingerprint density at radius 3 is 1.47 bits per heavy atom. The van der Waals surface area contributed by atoms with Gasteiger partial charge in [0, 0.05) is 33.4 Å². The molecule has 17 nitrogen and oxygen atoms in total. The molecule has 0 radical (unpaired) electrons. The normalized spacial score (nSPS) is 39.3. The first-order valence-electron chi connectivity index (χ1n) is 20.7. The number of hydrogen-bond donors (Lipinski definition) is 1. The van der Waals surface area contributed by atoms with Crippen molar-refractivity contribution in [3.05, 3.63) is 118 Å². The van der Waals surface area contributed by atoms with Gasteiger partial charge in [0.2, 0.25) is 23.1 Å². The van der Waals surface area contributed by atoms with Crippen molar-refractivity contribution in [3.8, 4) is 0 Å². The second-order valence-corrected chi connectivity index (χ2v) is 16.3. The summed E-state index contributed by atoms with van der Waals surface area (Å²) in [6.07, 6.45) is -11.1. The summed E-state index contributed by atoms with van der Waals surface area (Å²) in [7, 11) is 5.84. The van der Waals surface area contributed by atoms with Crippen molar-refractivity contribution in [1.29, 1.82) is 0 Å². The highest BCUT2D eigenvalue weighted by atomic mass is 16.8. The lowest BCUT2D eigenvalue weighted by molar-refractivity contribution is -0.513. The van der Waals surface area contributed by atoms with Crippen LogP contribution in [0.3, 0.4) is 0 Å². The first kappa shape index (κ1) is 46.4. The number of aliphatic hydroxyl groups excluding tert-OH is 1. The van der Waals surface area contributed by atoms with Crippen molar-refractivity contribution in [2.24, 2.45) is 5.11 Å². The van der Waals surface area contributed by atoms with Crippen molar-refractivity contribution in [1.82, 2.24) is 0 Å². The maximum absolute atomic E-state index is 12.5. The van der Waals surface area contributed by atoms with E-state index in [2.05, 4.69) is 10.0 Å². The zero-order chi connectivity index (χ0) is 44.1. The number of benzene rings is 3. The van der Waals surface area contributed by atoms with Gasteiger partial charge in [0.15, 0.2) is 6.29 Å². The van der Waals surface area contributed by atoms with E-state index in [-0.39, 0.29) is 26.4 Å². The summed E-state index contributed by atoms with van der Waals surface area (Å²) in [5.74, 6) is -6.02. The zero-order valence-corrected chi connectivity index (χ0v) is 36.4. The molecule has 338 valence electrons. The number of azide groups is 1. The summed E-state index contributed by atoms with van der Waals surface area (Å²) in [5.41, 5.74) is 12.9. The van der Waals surface area contributed by atoms with Crippen LogP contribution in [-0.2, 0) is 81.4 Å². The van der Waals surface area contributed by atoms with Gasteiger partial charge in [-0.1, -0.05) is 96.1 Å². The Bertz CT molecular complexity index is 1930. The number of ether oxygens (including phenoxy) is 13. The molecule has 3 heterocycles. The minimum absolute atomic E-state index is 0.0265. The smallest absolute Gasteiger partial charge is 0.220 e. The van der Waals surface area contributed by atoms with Gasteiger partial charge < -0.3 is 66.7 Å². The average molecular weight is 866 g/mol. The third-order valence-corrected chi connectivity index (χ3v) is 12.7. The van der Waals surface area contributed by atoms with Gasteiger partial charge in [-0.15, -0.1) is 0 Å². The van der Waals surface area contributed by atoms with Crippen LogP contribution < -0.4 is 0 Å². The van der Waals surface area contributed by atoms with E-state index in [1.807, 2.05) is 91.0 Å². The highest BCUT2D eigenvalue weighted by molar-refractivity contribution is 5.16. The molecule has 3 aliphatic heterocycles. The third-order valence-electron chi connectivity index (χ3n) is 12.7. The fourth-order valence-electron chi connectivity index (χ4n) is 8.50. The second kappa shape index (κ2) is 19.7. The van der Waals surface area contributed by atoms with Gasteiger partial charge in [0.25, 0.3) is 0 Å². The Hall–Kier alpha value is -3.59. The van der Waals surface area contributed by atoms with E-state index in [9.17, 15) is 10.6 Å². The van der Waals surface area contributed by atoms with Gasteiger partial charge in [-0.3, -0.25) is 0 Å². The van der Waals surface area contributed by atoms with Gasteiger partial charge in [0.05, 0.1) is 26.4 Å². The first-order valence-corrected chi connectivity index (χ1v) is 20.7. The zero-order valence-electron chi connectivity index (χ0n) is 36.4. The van der Waals surface area contributed by atoms with Crippen molar-refractivity contribution >= 4 is 0 Å². The Morgan fingerprint density at radius 1 is 0.581 bits per heavy atom. The van der Waals surface area contributed by atoms with E-state index in [1.54, 1.807) is 27.7 Å². The molecule has 3 aromatic rings. The van der Waals surface area contributed by atoms with Crippen LogP contribution in [-0.4, -0.2) is 131 Å². The summed E-state index contributed by atoms with van der Waals surface area (Å²) in [6.45, 7) is 7.27. The molecule has 0 aromatic heterocycles. The molecule has 1 N–H and O–H groups in total. The lowest BCUT2D eigenvalue weighted by Crippen LogP contribution is -2.80. The van der Waals surface area contributed by atoms with Gasteiger partial charge in [-0.25, -0.2) is 0 Å². The number of fused-ring (bicyclic) bond motifs is 3. The molecular formula is C45H59N3O14. The molecule has 0 spiro atoms. The number of methoxy groups -OCH3 is 4. The molecule has 4 aliphatic rings. The summed E-state index contributed by atoms with van der Waals surface area (Å²) in [5, 5.41) is 16.7. The first-order chi connectivity index (χ1) is 29.8. The molecule has 0 bridgehead atoms. The Morgan fingerprint density at radius 2 is 1.00 bits per heavy atom. The number of hydrogen-bond acceptors (Lipinski definition) is 15. The summed E-state index contributed by atoms with van der Waals surface area (Å²) in [6, 6.07) is 27.8. The Balaban J connectivity index is 1.27. The Labute approximate surface area is 362 Å². The van der Waals surface area contributed by atoms with Crippen LogP contribution in [0.5, 0.6) is 0 Å². The van der Waals surface area contributed by atoms with Crippen LogP contribution in [0.4, 0.5) is 0 Å². The largest absolute Gasteiger partial charge is 0.387 e. The highest BCUT2D eigenvalue weighted by Gasteiger charge is 2.70. The van der Waals surface area contributed by atoms with Crippen molar-refractivity contribution in [2.75, 3.05) is 35.0 Å². The fraction of sp³-hybridized carbons (Fsp3) is 0.600. The van der Waals surface area contributed by atoms with Crippen LogP contribution in [0.1, 0.15) is 44.4 Å². The molecule has 62 heavy (non-hydrogen) atoms. The standard InChI is InChI=1S/C45H59N3O14/c1-42(50-5)43(2,51-6)61-39-37(59-42)33(49)36(38-40(39)62-45(4,53-8)44(3,52-7)60-38)58-41-32(47-48-46)35(56-26-30-22-16-11-17-23-30)34(55-25-29-20-14-10-15-21-29)31(57-41)27-54-24-28-18-12-9-13-19-28/h9-23,31-41,49H,24-27H2,1-8H3/t31-,32-,33+,34-,35-,36+,37+,38+,39-,40-,41+,42-,43-,44-,45-/m1/s1. The minimum atomic E-state index is -1.54. The van der Waals surface area contributed by atoms with E-state index >= 15 is 0 Å². The number of nitrogens with zero attached hydrogens (tertiary/aromatic N) is 3. The van der Waals surface area contributed by atoms with Gasteiger partial charge >= 0.3 is 0 Å². The van der Waals surface area contributed by atoms with Crippen molar-refractivity contribution in [3.63, 3.8) is 0 Å². The SMILES string of the molecule is CO[C@]1(C)O[C@@H]2[C@@H](O[C@@]1(C)OC)[C@@H](O[C@@H]1O[C@H](COCc3ccccc3)[C@@H](OCc3ccccc3)[C@H](OCc3ccccc3)[C@H]1N=[N+]=[N-])[C@H](O)[C@@H]1O[C@@](C)(OC)[C@](C)(OC)O[C@@H]21. The molecular weight excluding hydrogens is 807 g/mol. The molecule has 0 unspecified atom stereocenters. The maximum Gasteiger partial charge on any atom is 0.220 e. The number of rotatable bonds is 17. The lowest BCUT2D eigenvalue weighted by Gasteiger charge is -2.62. The van der Waals surface area contributed by atoms with Gasteiger partial charge in [-0.2, -0.15) is 0 Å². The van der Waals surface area contributed by atoms with Crippen LogP contribution in [0.25, 0.3) is 10.4 Å². The van der Waals surface area contributed by atoms with Crippen LogP contribution in [0, 0.1) is 0 Å². The number of aliphatic hydroxyl groups is 1. The molecule has 3 saturated heterocycles. The average Bonchev–Trinajstić information content (AvgIpc) is 3.29. The third kappa shape index (κ3) is 9.17. The summed E-state index contributed by atoms with van der Waals surface area (Å²) >= 11 is 0. The highest BCUT2D eigenvalue weighted by Crippen LogP contribution is 2.51. The Kier molecular flexibility index (Phi) is 14.7. The van der Waals surface area contributed by atoms with E-state index in [0.717, 1.165) is 16.7 Å². The van der Waals surface area contributed by atoms with E-state index in [4.69, 9.17) is 61.6 Å². The predicted octanol–water partition coefficient (Wildman–Crippen LogP) is 5.56. The van der Waals surface area contributed by atoms with Crippen LogP contribution >= 0.6 is 0 Å². The van der Waals surface area contributed by atoms with Crippen molar-refractivity contribution in [2.45, 2.75) is 138 Å². The quantitative estimate of drug-likeness (QED) is 0.101. The molecule has 0 amide bonds. The van der Waals surface area contributed by atoms with E-state index in [0.29, 0.717) is 0 Å².